The molecule has 0 radical (unpaired) electrons. The molecular formula is C13H18N2O5S. The number of aliphatic hydroxyl groups is 1. The van der Waals surface area contributed by atoms with Crippen LogP contribution in [0.5, 0.6) is 0 Å². The summed E-state index contributed by atoms with van der Waals surface area (Å²) in [6.45, 7) is 0.736. The highest BCUT2D eigenvalue weighted by Crippen LogP contribution is 2.20. The van der Waals surface area contributed by atoms with Gasteiger partial charge in [-0.3, -0.25) is 0 Å². The number of aliphatic hydroxyl groups excluding tert-OH is 1. The van der Waals surface area contributed by atoms with Gasteiger partial charge in [0.05, 0.1) is 29.7 Å². The van der Waals surface area contributed by atoms with Gasteiger partial charge in [-0.1, -0.05) is 6.07 Å². The van der Waals surface area contributed by atoms with E-state index in [1.807, 2.05) is 0 Å². The van der Waals surface area contributed by atoms with E-state index in [-0.39, 0.29) is 10.5 Å². The first kappa shape index (κ1) is 15.9. The normalized spacial score (nSPS) is 22.5. The number of nitrogens with zero attached hydrogens (tertiary/aromatic N) is 1. The predicted molar refractivity (Wildman–Crippen MR) is 75.4 cm³/mol. The molecule has 1 aromatic carbocycles. The number of rotatable bonds is 4. The van der Waals surface area contributed by atoms with Crippen molar-refractivity contribution in [3.63, 3.8) is 0 Å². The number of likely N-dealkylation sites (N-methyl/N-ethyl adjacent to an activating group) is 1. The van der Waals surface area contributed by atoms with Gasteiger partial charge < -0.3 is 15.2 Å². The van der Waals surface area contributed by atoms with Crippen molar-refractivity contribution in [2.24, 2.45) is 0 Å². The maximum atomic E-state index is 12.6. The zero-order valence-electron chi connectivity index (χ0n) is 11.8. The highest BCUT2D eigenvalue weighted by molar-refractivity contribution is 7.89. The molecule has 1 heterocycles. The highest BCUT2D eigenvalue weighted by Gasteiger charge is 2.35. The molecule has 0 amide bonds. The number of nitrogens with one attached hydrogen (secondary N) is 1. The molecule has 0 aromatic heterocycles. The van der Waals surface area contributed by atoms with Gasteiger partial charge in [0, 0.05) is 20.1 Å². The average molecular weight is 314 g/mol. The van der Waals surface area contributed by atoms with E-state index in [2.05, 4.69) is 10.1 Å². The molecule has 1 aliphatic heterocycles. The summed E-state index contributed by atoms with van der Waals surface area (Å²) >= 11 is 0. The molecule has 116 valence electrons. The van der Waals surface area contributed by atoms with Gasteiger partial charge >= 0.3 is 5.97 Å². The zero-order chi connectivity index (χ0) is 15.6. The standard InChI is InChI=1S/C13H18N2O5S/c1-15(11-7-14-8-12(11)16)21(18,19)10-5-3-4-9(6-10)13(17)20-2/h3-6,11-12,14,16H,7-8H2,1-2H3/t11-,12-/m1/s1. The van der Waals surface area contributed by atoms with Crippen LogP contribution in [0.2, 0.25) is 0 Å². The first-order valence-electron chi connectivity index (χ1n) is 6.43. The molecule has 2 atom stereocenters. The summed E-state index contributed by atoms with van der Waals surface area (Å²) in [5, 5.41) is 12.7. The van der Waals surface area contributed by atoms with Crippen molar-refractivity contribution >= 4 is 16.0 Å². The quantitative estimate of drug-likeness (QED) is 0.722. The molecular weight excluding hydrogens is 296 g/mol. The van der Waals surface area contributed by atoms with E-state index >= 15 is 0 Å². The third-order valence-electron chi connectivity index (χ3n) is 3.55. The maximum Gasteiger partial charge on any atom is 0.337 e. The fourth-order valence-electron chi connectivity index (χ4n) is 2.27. The van der Waals surface area contributed by atoms with Crippen LogP contribution >= 0.6 is 0 Å². The molecule has 2 rings (SSSR count). The topological polar surface area (TPSA) is 95.9 Å². The summed E-state index contributed by atoms with van der Waals surface area (Å²) < 4.78 is 30.8. The second-order valence-electron chi connectivity index (χ2n) is 4.83. The second-order valence-corrected chi connectivity index (χ2v) is 6.83. The van der Waals surface area contributed by atoms with E-state index in [9.17, 15) is 18.3 Å². The van der Waals surface area contributed by atoms with Crippen molar-refractivity contribution in [3.8, 4) is 0 Å². The number of carbonyl (C=O) groups excluding carboxylic acids is 1. The number of β-amino-alcohol motifs (C(OH)–C–C–N with tert-alkyl or cyclic N) is 1. The molecule has 2 N–H and O–H groups in total. The van der Waals surface area contributed by atoms with Gasteiger partial charge in [0.1, 0.15) is 0 Å². The van der Waals surface area contributed by atoms with E-state index in [1.165, 1.54) is 38.4 Å². The number of hydrogen-bond acceptors (Lipinski definition) is 6. The zero-order valence-corrected chi connectivity index (χ0v) is 12.6. The largest absolute Gasteiger partial charge is 0.465 e. The van der Waals surface area contributed by atoms with E-state index in [4.69, 9.17) is 0 Å². The van der Waals surface area contributed by atoms with Crippen LogP contribution in [0, 0.1) is 0 Å². The Morgan fingerprint density at radius 2 is 2.14 bits per heavy atom. The van der Waals surface area contributed by atoms with Crippen molar-refractivity contribution in [2.75, 3.05) is 27.2 Å². The van der Waals surface area contributed by atoms with Crippen LogP contribution in [0.3, 0.4) is 0 Å². The third-order valence-corrected chi connectivity index (χ3v) is 5.43. The molecule has 8 heteroatoms. The Morgan fingerprint density at radius 1 is 1.43 bits per heavy atom. The molecule has 0 unspecified atom stereocenters. The Labute approximate surface area is 123 Å². The fraction of sp³-hybridized carbons (Fsp3) is 0.462. The number of sulfonamides is 1. The minimum atomic E-state index is -3.79. The molecule has 1 saturated heterocycles. The summed E-state index contributed by atoms with van der Waals surface area (Å²) in [7, 11) is -1.14. The second kappa shape index (κ2) is 6.10. The lowest BCUT2D eigenvalue weighted by molar-refractivity contribution is 0.0600. The van der Waals surface area contributed by atoms with E-state index in [1.54, 1.807) is 0 Å². The van der Waals surface area contributed by atoms with Gasteiger partial charge in [0.25, 0.3) is 0 Å². The van der Waals surface area contributed by atoms with Crippen molar-refractivity contribution in [2.45, 2.75) is 17.0 Å². The van der Waals surface area contributed by atoms with Gasteiger partial charge in [-0.05, 0) is 18.2 Å². The molecule has 0 saturated carbocycles. The molecule has 7 nitrogen and oxygen atoms in total. The molecule has 21 heavy (non-hydrogen) atoms. The Balaban J connectivity index is 2.33. The Hall–Kier alpha value is -1.48. The number of benzene rings is 1. The minimum absolute atomic E-state index is 0.00741. The van der Waals surface area contributed by atoms with Crippen LogP contribution in [0.4, 0.5) is 0 Å². The molecule has 1 aromatic rings. The van der Waals surface area contributed by atoms with E-state index < -0.39 is 28.1 Å². The Kier molecular flexibility index (Phi) is 4.62. The van der Waals surface area contributed by atoms with Crippen molar-refractivity contribution in [3.05, 3.63) is 29.8 Å². The van der Waals surface area contributed by atoms with Crippen LogP contribution in [0.1, 0.15) is 10.4 Å². The summed E-state index contributed by atoms with van der Waals surface area (Å²) in [6, 6.07) is 5.11. The van der Waals surface area contributed by atoms with Gasteiger partial charge in [-0.15, -0.1) is 0 Å². The number of methoxy groups -OCH3 is 1. The third kappa shape index (κ3) is 3.08. The van der Waals surface area contributed by atoms with Crippen LogP contribution < -0.4 is 5.32 Å². The first-order valence-corrected chi connectivity index (χ1v) is 7.87. The van der Waals surface area contributed by atoms with Crippen LogP contribution in [-0.2, 0) is 14.8 Å². The van der Waals surface area contributed by atoms with E-state index in [0.717, 1.165) is 4.31 Å². The molecule has 0 aliphatic carbocycles. The lowest BCUT2D eigenvalue weighted by Gasteiger charge is -2.25. The molecule has 1 fully saturated rings. The fourth-order valence-corrected chi connectivity index (χ4v) is 3.70. The Morgan fingerprint density at radius 3 is 2.71 bits per heavy atom. The lowest BCUT2D eigenvalue weighted by Crippen LogP contribution is -2.44. The average Bonchev–Trinajstić information content (AvgIpc) is 2.91. The number of carbonyl (C=O) groups is 1. The summed E-state index contributed by atoms with van der Waals surface area (Å²) in [5.74, 6) is -0.600. The number of esters is 1. The lowest BCUT2D eigenvalue weighted by atomic mass is 10.2. The van der Waals surface area contributed by atoms with Crippen LogP contribution in [-0.4, -0.2) is 63.2 Å². The molecule has 1 aliphatic rings. The summed E-state index contributed by atoms with van der Waals surface area (Å²) in [6.07, 6.45) is -0.756. The van der Waals surface area contributed by atoms with Crippen molar-refractivity contribution < 1.29 is 23.1 Å². The first-order chi connectivity index (χ1) is 9.87. The number of hydrogen-bond donors (Lipinski definition) is 2. The monoisotopic (exact) mass is 314 g/mol. The maximum absolute atomic E-state index is 12.6. The van der Waals surface area contributed by atoms with Gasteiger partial charge in [-0.25, -0.2) is 13.2 Å². The summed E-state index contributed by atoms with van der Waals surface area (Å²) in [5.41, 5.74) is 0.164. The van der Waals surface area contributed by atoms with Crippen LogP contribution in [0.15, 0.2) is 29.2 Å². The van der Waals surface area contributed by atoms with Gasteiger partial charge in [0.15, 0.2) is 0 Å². The number of ether oxygens (including phenoxy) is 1. The van der Waals surface area contributed by atoms with Crippen LogP contribution in [0.25, 0.3) is 0 Å². The highest BCUT2D eigenvalue weighted by atomic mass is 32.2. The van der Waals surface area contributed by atoms with E-state index in [0.29, 0.717) is 13.1 Å². The summed E-state index contributed by atoms with van der Waals surface area (Å²) in [4.78, 5) is 11.5. The Bertz CT molecular complexity index is 631. The minimum Gasteiger partial charge on any atom is -0.465 e. The van der Waals surface area contributed by atoms with Crippen molar-refractivity contribution in [1.29, 1.82) is 0 Å². The SMILES string of the molecule is COC(=O)c1cccc(S(=O)(=O)N(C)[C@@H]2CNC[C@H]2O)c1. The molecule has 0 bridgehead atoms. The van der Waals surface area contributed by atoms with Crippen molar-refractivity contribution in [1.82, 2.24) is 9.62 Å². The predicted octanol–water partition coefficient (Wildman–Crippen LogP) is -0.574. The molecule has 0 spiro atoms. The smallest absolute Gasteiger partial charge is 0.337 e. The van der Waals surface area contributed by atoms with Gasteiger partial charge in [0.2, 0.25) is 10.0 Å². The van der Waals surface area contributed by atoms with Gasteiger partial charge in [-0.2, -0.15) is 4.31 Å².